The Bertz CT molecular complexity index is 597. The van der Waals surface area contributed by atoms with Crippen LogP contribution < -0.4 is 10.1 Å². The zero-order valence-corrected chi connectivity index (χ0v) is 12.3. The molecule has 1 aliphatic rings. The molecule has 112 valence electrons. The highest BCUT2D eigenvalue weighted by Gasteiger charge is 2.20. The fraction of sp³-hybridized carbons (Fsp3) is 0.333. The van der Waals surface area contributed by atoms with Crippen LogP contribution in [0, 0.1) is 0 Å². The van der Waals surface area contributed by atoms with Crippen LogP contribution in [0.1, 0.15) is 25.3 Å². The van der Waals surface area contributed by atoms with Crippen LogP contribution in [0.4, 0.5) is 0 Å². The first-order chi connectivity index (χ1) is 9.99. The molecule has 2 rings (SSSR count). The monoisotopic (exact) mass is 309 g/mol. The van der Waals surface area contributed by atoms with Crippen molar-refractivity contribution < 1.29 is 19.4 Å². The van der Waals surface area contributed by atoms with E-state index in [1.54, 1.807) is 24.3 Å². The van der Waals surface area contributed by atoms with Crippen LogP contribution in [0.5, 0.6) is 5.75 Å². The first-order valence-electron chi connectivity index (χ1n) is 6.65. The molecule has 1 unspecified atom stereocenters. The van der Waals surface area contributed by atoms with Crippen molar-refractivity contribution in [2.75, 3.05) is 6.61 Å². The summed E-state index contributed by atoms with van der Waals surface area (Å²) in [7, 11) is 0. The predicted molar refractivity (Wildman–Crippen MR) is 79.4 cm³/mol. The van der Waals surface area contributed by atoms with Gasteiger partial charge < -0.3 is 15.2 Å². The van der Waals surface area contributed by atoms with E-state index in [2.05, 4.69) is 5.32 Å². The first kappa shape index (κ1) is 15.4. The minimum Gasteiger partial charge on any atom is -0.488 e. The van der Waals surface area contributed by atoms with Crippen LogP contribution >= 0.6 is 11.6 Å². The molecule has 0 bridgehead atoms. The minimum atomic E-state index is -0.937. The number of benzene rings is 1. The van der Waals surface area contributed by atoms with E-state index < -0.39 is 12.0 Å². The third kappa shape index (κ3) is 3.98. The zero-order chi connectivity index (χ0) is 15.4. The maximum Gasteiger partial charge on any atom is 0.305 e. The summed E-state index contributed by atoms with van der Waals surface area (Å²) in [5.41, 5.74) is 1.19. The number of hydrogen-bond acceptors (Lipinski definition) is 3. The number of rotatable bonds is 5. The van der Waals surface area contributed by atoms with Gasteiger partial charge in [-0.2, -0.15) is 0 Å². The predicted octanol–water partition coefficient (Wildman–Crippen LogP) is 2.49. The van der Waals surface area contributed by atoms with Gasteiger partial charge in [-0.15, -0.1) is 0 Å². The molecule has 1 atom stereocenters. The minimum absolute atomic E-state index is 0.0984. The summed E-state index contributed by atoms with van der Waals surface area (Å²) in [6.45, 7) is 1.98. The van der Waals surface area contributed by atoms with E-state index in [9.17, 15) is 9.59 Å². The summed E-state index contributed by atoms with van der Waals surface area (Å²) in [6, 6.07) is 4.80. The summed E-state index contributed by atoms with van der Waals surface area (Å²) in [6.07, 6.45) is 2.17. The molecular formula is C15H16ClNO4. The lowest BCUT2D eigenvalue weighted by atomic mass is 10.1. The second kappa shape index (κ2) is 6.63. The topological polar surface area (TPSA) is 75.6 Å². The number of carbonyl (C=O) groups is 2. The number of nitrogens with one attached hydrogen (secondary N) is 1. The molecule has 0 aromatic heterocycles. The van der Waals surface area contributed by atoms with Crippen LogP contribution in [0.15, 0.2) is 23.8 Å². The lowest BCUT2D eigenvalue weighted by Gasteiger charge is -2.20. The van der Waals surface area contributed by atoms with Gasteiger partial charge in [0.2, 0.25) is 0 Å². The number of halogens is 1. The van der Waals surface area contributed by atoms with Gasteiger partial charge in [-0.05, 0) is 30.7 Å². The van der Waals surface area contributed by atoms with Gasteiger partial charge >= 0.3 is 5.97 Å². The van der Waals surface area contributed by atoms with Crippen molar-refractivity contribution in [1.29, 1.82) is 0 Å². The van der Waals surface area contributed by atoms with Gasteiger partial charge in [-0.3, -0.25) is 9.59 Å². The molecule has 5 nitrogen and oxygen atoms in total. The smallest absolute Gasteiger partial charge is 0.305 e. The maximum atomic E-state index is 12.2. The van der Waals surface area contributed by atoms with Crippen molar-refractivity contribution in [3.63, 3.8) is 0 Å². The molecule has 0 saturated carbocycles. The standard InChI is InChI=1S/C15H16ClNO4/c1-2-12(7-14(18)19)17-15(20)10-5-9-6-11(16)3-4-13(9)21-8-10/h3-6,12H,2,7-8H2,1H3,(H,17,20)(H,18,19). The molecule has 0 radical (unpaired) electrons. The highest BCUT2D eigenvalue weighted by atomic mass is 35.5. The molecular weight excluding hydrogens is 294 g/mol. The largest absolute Gasteiger partial charge is 0.488 e. The van der Waals surface area contributed by atoms with Crippen molar-refractivity contribution in [2.45, 2.75) is 25.8 Å². The highest BCUT2D eigenvalue weighted by molar-refractivity contribution is 6.30. The molecule has 1 aromatic rings. The summed E-state index contributed by atoms with van der Waals surface area (Å²) in [5, 5.41) is 12.1. The van der Waals surface area contributed by atoms with Gasteiger partial charge in [0.1, 0.15) is 12.4 Å². The molecule has 1 aliphatic heterocycles. The summed E-state index contributed by atoms with van der Waals surface area (Å²) in [4.78, 5) is 22.9. The lowest BCUT2D eigenvalue weighted by Crippen LogP contribution is -2.38. The zero-order valence-electron chi connectivity index (χ0n) is 11.6. The number of hydrogen-bond donors (Lipinski definition) is 2. The van der Waals surface area contributed by atoms with E-state index >= 15 is 0 Å². The molecule has 0 aliphatic carbocycles. The molecule has 2 N–H and O–H groups in total. The maximum absolute atomic E-state index is 12.2. The fourth-order valence-corrected chi connectivity index (χ4v) is 2.25. The number of carboxylic acids is 1. The van der Waals surface area contributed by atoms with Gasteiger partial charge in [0.05, 0.1) is 12.0 Å². The molecule has 0 spiro atoms. The number of aliphatic carboxylic acids is 1. The molecule has 6 heteroatoms. The van der Waals surface area contributed by atoms with Crippen molar-refractivity contribution in [1.82, 2.24) is 5.32 Å². The van der Waals surface area contributed by atoms with Gasteiger partial charge in [-0.1, -0.05) is 18.5 Å². The van der Waals surface area contributed by atoms with Crippen LogP contribution in [0.3, 0.4) is 0 Å². The van der Waals surface area contributed by atoms with Crippen LogP contribution in [-0.2, 0) is 9.59 Å². The summed E-state index contributed by atoms with van der Waals surface area (Å²) >= 11 is 5.92. The van der Waals surface area contributed by atoms with Crippen molar-refractivity contribution in [3.8, 4) is 5.75 Å². The van der Waals surface area contributed by atoms with Crippen LogP contribution in [0.2, 0.25) is 5.02 Å². The summed E-state index contributed by atoms with van der Waals surface area (Å²) < 4.78 is 5.50. The van der Waals surface area contributed by atoms with Crippen LogP contribution in [-0.4, -0.2) is 29.6 Å². The Kier molecular flexibility index (Phi) is 4.85. The van der Waals surface area contributed by atoms with E-state index in [0.29, 0.717) is 22.8 Å². The SMILES string of the molecule is CCC(CC(=O)O)NC(=O)C1=Cc2cc(Cl)ccc2OC1. The number of carbonyl (C=O) groups excluding carboxylic acids is 1. The normalized spacial score (nSPS) is 14.5. The lowest BCUT2D eigenvalue weighted by molar-refractivity contribution is -0.137. The van der Waals surface area contributed by atoms with E-state index in [1.807, 2.05) is 6.92 Å². The number of ether oxygens (including phenoxy) is 1. The van der Waals surface area contributed by atoms with Crippen molar-refractivity contribution >= 4 is 29.6 Å². The Balaban J connectivity index is 2.11. The second-order valence-corrected chi connectivity index (χ2v) is 5.25. The number of carboxylic acid groups (broad SMARTS) is 1. The van der Waals surface area contributed by atoms with E-state index in [-0.39, 0.29) is 18.9 Å². The average Bonchev–Trinajstić information content (AvgIpc) is 2.45. The van der Waals surface area contributed by atoms with Crippen molar-refractivity contribution in [3.05, 3.63) is 34.4 Å². The van der Waals surface area contributed by atoms with Gasteiger partial charge in [-0.25, -0.2) is 0 Å². The van der Waals surface area contributed by atoms with E-state index in [0.717, 1.165) is 5.56 Å². The van der Waals surface area contributed by atoms with E-state index in [1.165, 1.54) is 0 Å². The number of amides is 1. The second-order valence-electron chi connectivity index (χ2n) is 4.82. The third-order valence-corrected chi connectivity index (χ3v) is 3.46. The molecule has 1 amide bonds. The fourth-order valence-electron chi connectivity index (χ4n) is 2.07. The molecule has 0 fully saturated rings. The van der Waals surface area contributed by atoms with Gasteiger partial charge in [0.15, 0.2) is 0 Å². The number of fused-ring (bicyclic) bond motifs is 1. The molecule has 21 heavy (non-hydrogen) atoms. The third-order valence-electron chi connectivity index (χ3n) is 3.23. The molecule has 1 heterocycles. The molecule has 1 aromatic carbocycles. The average molecular weight is 310 g/mol. The van der Waals surface area contributed by atoms with Crippen molar-refractivity contribution in [2.24, 2.45) is 0 Å². The Labute approximate surface area is 127 Å². The Hall–Kier alpha value is -2.01. The highest BCUT2D eigenvalue weighted by Crippen LogP contribution is 2.29. The summed E-state index contributed by atoms with van der Waals surface area (Å²) in [5.74, 6) is -0.574. The quantitative estimate of drug-likeness (QED) is 0.876. The van der Waals surface area contributed by atoms with Gasteiger partial charge in [0, 0.05) is 16.6 Å². The Morgan fingerprint density at radius 2 is 2.24 bits per heavy atom. The Morgan fingerprint density at radius 3 is 2.90 bits per heavy atom. The van der Waals surface area contributed by atoms with Crippen LogP contribution in [0.25, 0.3) is 6.08 Å². The molecule has 0 saturated heterocycles. The first-order valence-corrected chi connectivity index (χ1v) is 7.03. The van der Waals surface area contributed by atoms with Gasteiger partial charge in [0.25, 0.3) is 5.91 Å². The Morgan fingerprint density at radius 1 is 1.48 bits per heavy atom. The van der Waals surface area contributed by atoms with E-state index in [4.69, 9.17) is 21.4 Å².